The van der Waals surface area contributed by atoms with Crippen LogP contribution in [0.2, 0.25) is 0 Å². The van der Waals surface area contributed by atoms with Crippen molar-refractivity contribution in [1.29, 1.82) is 0 Å². The van der Waals surface area contributed by atoms with E-state index in [1.165, 1.54) is 12.1 Å². The Morgan fingerprint density at radius 1 is 1.33 bits per heavy atom. The molecule has 0 saturated heterocycles. The van der Waals surface area contributed by atoms with Crippen molar-refractivity contribution in [2.24, 2.45) is 0 Å². The lowest BCUT2D eigenvalue weighted by molar-refractivity contribution is 0.381. The highest BCUT2D eigenvalue weighted by atomic mass is 32.2. The van der Waals surface area contributed by atoms with Crippen LogP contribution in [0.25, 0.3) is 0 Å². The zero-order valence-corrected chi connectivity index (χ0v) is 9.40. The Hall–Kier alpha value is -0.880. The maximum absolute atomic E-state index is 11.4. The zero-order chi connectivity index (χ0) is 11.7. The van der Waals surface area contributed by atoms with Gasteiger partial charge in [0.1, 0.15) is 10.6 Å². The first-order valence-corrected chi connectivity index (χ1v) is 7.20. The van der Waals surface area contributed by atoms with Crippen LogP contribution in [0.15, 0.2) is 29.2 Å². The van der Waals surface area contributed by atoms with E-state index in [2.05, 4.69) is 3.97 Å². The molecule has 0 radical (unpaired) electrons. The fraction of sp³-hybridized carbons (Fsp3) is 0.143. The Kier molecular flexibility index (Phi) is 3.20. The summed E-state index contributed by atoms with van der Waals surface area (Å²) in [4.78, 5) is 8.24. The Morgan fingerprint density at radius 2 is 1.87 bits per heavy atom. The summed E-state index contributed by atoms with van der Waals surface area (Å²) in [6.07, 6.45) is 0. The Balaban J connectivity index is 3.19. The van der Waals surface area contributed by atoms with Crippen molar-refractivity contribution in [3.05, 3.63) is 24.3 Å². The summed E-state index contributed by atoms with van der Waals surface area (Å²) in [6.45, 7) is 0.741. The molecule has 0 bridgehead atoms. The monoisotopic (exact) mass is 252 g/mol. The third kappa shape index (κ3) is 3.32. The molecule has 8 heteroatoms. The first kappa shape index (κ1) is 12.2. The average Bonchev–Trinajstić information content (AvgIpc) is 1.99. The van der Waals surface area contributed by atoms with Gasteiger partial charge in [-0.25, -0.2) is 0 Å². The first-order valence-electron chi connectivity index (χ1n) is 3.77. The normalized spacial score (nSPS) is 15.9. The number of aromatic hydroxyl groups is 1. The molecule has 1 unspecified atom stereocenters. The van der Waals surface area contributed by atoms with Gasteiger partial charge in [0, 0.05) is 6.66 Å². The quantitative estimate of drug-likeness (QED) is 0.775. The Morgan fingerprint density at radius 3 is 2.33 bits per heavy atom. The number of phenolic OH excluding ortho intramolecular Hbond substituents is 1. The minimum absolute atomic E-state index is 0.536. The third-order valence-electron chi connectivity index (χ3n) is 1.37. The number of para-hydroxylation sites is 1. The van der Waals surface area contributed by atoms with E-state index in [0.29, 0.717) is 0 Å². The van der Waals surface area contributed by atoms with E-state index in [1.54, 1.807) is 0 Å². The molecule has 0 fully saturated rings. The number of phenols is 1. The SMILES string of the molecule is CP(=O)(O)OS(=O)(=O)c1ccccc1O. The van der Waals surface area contributed by atoms with Crippen LogP contribution in [0, 0.1) is 0 Å². The first-order chi connectivity index (χ1) is 6.72. The molecule has 0 aliphatic heterocycles. The van der Waals surface area contributed by atoms with E-state index in [-0.39, 0.29) is 0 Å². The summed E-state index contributed by atoms with van der Waals surface area (Å²) in [7, 11) is -8.58. The summed E-state index contributed by atoms with van der Waals surface area (Å²) in [5.41, 5.74) is 0. The van der Waals surface area contributed by atoms with Gasteiger partial charge in [0.25, 0.3) is 0 Å². The standard InChI is InChI=1S/C7H9O6PS/c1-14(9,10)13-15(11,12)7-5-3-2-4-6(7)8/h2-5,8H,1H3,(H,9,10). The lowest BCUT2D eigenvalue weighted by Crippen LogP contribution is -2.04. The van der Waals surface area contributed by atoms with Gasteiger partial charge in [0.05, 0.1) is 0 Å². The lowest BCUT2D eigenvalue weighted by atomic mass is 10.3. The second kappa shape index (κ2) is 3.94. The largest absolute Gasteiger partial charge is 0.506 e. The molecule has 2 N–H and O–H groups in total. The molecular weight excluding hydrogens is 243 g/mol. The Labute approximate surface area is 86.8 Å². The molecule has 1 aromatic carbocycles. The summed E-state index contributed by atoms with van der Waals surface area (Å²) >= 11 is 0. The molecule has 1 aromatic rings. The van der Waals surface area contributed by atoms with Crippen LogP contribution in [0.4, 0.5) is 0 Å². The fourth-order valence-electron chi connectivity index (χ4n) is 0.891. The van der Waals surface area contributed by atoms with Crippen LogP contribution in [0.1, 0.15) is 0 Å². The Bertz CT molecular complexity index is 502. The number of hydrogen-bond donors (Lipinski definition) is 2. The predicted molar refractivity (Wildman–Crippen MR) is 52.1 cm³/mol. The summed E-state index contributed by atoms with van der Waals surface area (Å²) < 4.78 is 37.5. The highest BCUT2D eigenvalue weighted by Gasteiger charge is 2.27. The predicted octanol–water partition coefficient (Wildman–Crippen LogP) is 0.913. The van der Waals surface area contributed by atoms with E-state index in [1.807, 2.05) is 0 Å². The van der Waals surface area contributed by atoms with Crippen LogP contribution in [-0.4, -0.2) is 25.1 Å². The van der Waals surface area contributed by atoms with Crippen LogP contribution in [0.3, 0.4) is 0 Å². The van der Waals surface area contributed by atoms with Crippen LogP contribution < -0.4 is 0 Å². The molecular formula is C7H9O6PS. The minimum Gasteiger partial charge on any atom is -0.506 e. The lowest BCUT2D eigenvalue weighted by Gasteiger charge is -2.08. The van der Waals surface area contributed by atoms with Gasteiger partial charge in [0.2, 0.25) is 0 Å². The number of rotatable bonds is 3. The van der Waals surface area contributed by atoms with Crippen LogP contribution >= 0.6 is 7.60 Å². The molecule has 0 spiro atoms. The second-order valence-electron chi connectivity index (χ2n) is 2.80. The van der Waals surface area contributed by atoms with E-state index in [9.17, 15) is 18.1 Å². The molecule has 0 saturated carbocycles. The molecule has 0 heterocycles. The average molecular weight is 252 g/mol. The molecule has 84 valence electrons. The molecule has 0 aliphatic rings. The molecule has 1 atom stereocenters. The smallest absolute Gasteiger partial charge is 0.339 e. The van der Waals surface area contributed by atoms with E-state index in [4.69, 9.17) is 4.89 Å². The van der Waals surface area contributed by atoms with Gasteiger partial charge in [0.15, 0.2) is 0 Å². The molecule has 1 rings (SSSR count). The van der Waals surface area contributed by atoms with E-state index >= 15 is 0 Å². The number of hydrogen-bond acceptors (Lipinski definition) is 5. The van der Waals surface area contributed by atoms with Gasteiger partial charge in [-0.2, -0.15) is 12.4 Å². The number of benzene rings is 1. The minimum atomic E-state index is -4.41. The second-order valence-corrected chi connectivity index (χ2v) is 6.35. The van der Waals surface area contributed by atoms with Crippen molar-refractivity contribution < 1.29 is 27.0 Å². The molecule has 6 nitrogen and oxygen atoms in total. The molecule has 15 heavy (non-hydrogen) atoms. The van der Waals surface area contributed by atoms with Gasteiger partial charge < -0.3 is 10.00 Å². The van der Waals surface area contributed by atoms with Crippen LogP contribution in [-0.2, 0) is 18.7 Å². The van der Waals surface area contributed by atoms with Crippen molar-refractivity contribution in [1.82, 2.24) is 0 Å². The van der Waals surface area contributed by atoms with Gasteiger partial charge in [-0.15, -0.1) is 0 Å². The summed E-state index contributed by atoms with van der Waals surface area (Å²) in [5, 5.41) is 9.21. The molecule has 0 aliphatic carbocycles. The van der Waals surface area contributed by atoms with E-state index in [0.717, 1.165) is 18.8 Å². The third-order valence-corrected chi connectivity index (χ3v) is 4.15. The topological polar surface area (TPSA) is 101 Å². The van der Waals surface area contributed by atoms with Crippen molar-refractivity contribution in [3.8, 4) is 5.75 Å². The summed E-state index contributed by atoms with van der Waals surface area (Å²) in [6, 6.07) is 4.97. The highest BCUT2D eigenvalue weighted by molar-refractivity contribution is 7.91. The van der Waals surface area contributed by atoms with Gasteiger partial charge in [-0.3, -0.25) is 4.57 Å². The maximum atomic E-state index is 11.4. The van der Waals surface area contributed by atoms with Crippen molar-refractivity contribution in [2.45, 2.75) is 4.90 Å². The van der Waals surface area contributed by atoms with Gasteiger partial charge >= 0.3 is 17.7 Å². The molecule has 0 amide bonds. The van der Waals surface area contributed by atoms with Crippen molar-refractivity contribution >= 4 is 17.7 Å². The van der Waals surface area contributed by atoms with Crippen molar-refractivity contribution in [3.63, 3.8) is 0 Å². The van der Waals surface area contributed by atoms with Gasteiger partial charge in [-0.1, -0.05) is 12.1 Å². The highest BCUT2D eigenvalue weighted by Crippen LogP contribution is 2.42. The zero-order valence-electron chi connectivity index (χ0n) is 7.69. The van der Waals surface area contributed by atoms with Crippen LogP contribution in [0.5, 0.6) is 5.75 Å². The van der Waals surface area contributed by atoms with Gasteiger partial charge in [-0.05, 0) is 12.1 Å². The van der Waals surface area contributed by atoms with Crippen molar-refractivity contribution in [2.75, 3.05) is 6.66 Å². The molecule has 0 aromatic heterocycles. The fourth-order valence-corrected chi connectivity index (χ4v) is 3.24. The van der Waals surface area contributed by atoms with E-state index < -0.39 is 28.4 Å². The summed E-state index contributed by atoms with van der Waals surface area (Å²) in [5.74, 6) is -0.536. The maximum Gasteiger partial charge on any atom is 0.339 e.